The Hall–Kier alpha value is -1.27. The van der Waals surface area contributed by atoms with Crippen molar-refractivity contribution in [1.82, 2.24) is 9.78 Å². The van der Waals surface area contributed by atoms with Gasteiger partial charge < -0.3 is 5.32 Å². The number of rotatable bonds is 6. The fourth-order valence-corrected chi connectivity index (χ4v) is 4.39. The van der Waals surface area contributed by atoms with Gasteiger partial charge in [-0.2, -0.15) is 5.10 Å². The Morgan fingerprint density at radius 1 is 1.30 bits per heavy atom. The Bertz CT molecular complexity index is 667. The molecule has 0 radical (unpaired) electrons. The van der Waals surface area contributed by atoms with Crippen molar-refractivity contribution in [3.05, 3.63) is 41.0 Å². The summed E-state index contributed by atoms with van der Waals surface area (Å²) >= 11 is 5.21. The lowest BCUT2D eigenvalue weighted by molar-refractivity contribution is -0.115. The number of hydrogen-bond donors (Lipinski definition) is 1. The van der Waals surface area contributed by atoms with Crippen molar-refractivity contribution in [2.75, 3.05) is 11.1 Å². The third-order valence-electron chi connectivity index (χ3n) is 4.03. The molecule has 2 aromatic rings. The average Bonchev–Trinajstić information content (AvgIpc) is 3.20. The van der Waals surface area contributed by atoms with Gasteiger partial charge in [0.15, 0.2) is 0 Å². The maximum Gasteiger partial charge on any atom is 0.226 e. The molecule has 0 saturated heterocycles. The van der Waals surface area contributed by atoms with Gasteiger partial charge in [0.1, 0.15) is 5.82 Å². The van der Waals surface area contributed by atoms with Crippen molar-refractivity contribution < 1.29 is 4.79 Å². The summed E-state index contributed by atoms with van der Waals surface area (Å²) in [6.45, 7) is 0. The van der Waals surface area contributed by atoms with Gasteiger partial charge in [0.05, 0.1) is 12.2 Å². The van der Waals surface area contributed by atoms with Crippen LogP contribution in [0.2, 0.25) is 0 Å². The van der Waals surface area contributed by atoms with Crippen LogP contribution in [0.1, 0.15) is 38.1 Å². The maximum atomic E-state index is 12.2. The molecule has 0 spiro atoms. The van der Waals surface area contributed by atoms with E-state index in [-0.39, 0.29) is 5.91 Å². The van der Waals surface area contributed by atoms with E-state index in [9.17, 15) is 4.79 Å². The second kappa shape index (κ2) is 8.02. The standard InChI is InChI=1S/C17H20BrN3OS/c18-14-7-3-4-8-15(14)23-12-10-17(22)20-16-9-11-19-21(16)13-5-1-2-6-13/h3-4,7-9,11,13H,1-2,5-6,10,12H2,(H,20,22). The number of nitrogens with one attached hydrogen (secondary N) is 1. The van der Waals surface area contributed by atoms with Crippen LogP contribution in [0.5, 0.6) is 0 Å². The van der Waals surface area contributed by atoms with Crippen LogP contribution in [-0.4, -0.2) is 21.4 Å². The molecule has 0 atom stereocenters. The summed E-state index contributed by atoms with van der Waals surface area (Å²) < 4.78 is 3.05. The van der Waals surface area contributed by atoms with Crippen molar-refractivity contribution in [3.8, 4) is 0 Å². The third kappa shape index (κ3) is 4.38. The van der Waals surface area contributed by atoms with Crippen molar-refractivity contribution in [3.63, 3.8) is 0 Å². The normalized spacial score (nSPS) is 15.0. The molecular formula is C17H20BrN3OS. The first-order valence-corrected chi connectivity index (χ1v) is 9.72. The van der Waals surface area contributed by atoms with E-state index in [4.69, 9.17) is 0 Å². The van der Waals surface area contributed by atoms with E-state index in [0.29, 0.717) is 12.5 Å². The summed E-state index contributed by atoms with van der Waals surface area (Å²) in [6.07, 6.45) is 7.07. The molecule has 122 valence electrons. The molecule has 3 rings (SSSR count). The molecule has 1 aromatic heterocycles. The fraction of sp³-hybridized carbons (Fsp3) is 0.412. The summed E-state index contributed by atoms with van der Waals surface area (Å²) in [6, 6.07) is 10.4. The quantitative estimate of drug-likeness (QED) is 0.711. The van der Waals surface area contributed by atoms with Gasteiger partial charge in [-0.25, -0.2) is 4.68 Å². The Morgan fingerprint density at radius 3 is 2.87 bits per heavy atom. The highest BCUT2D eigenvalue weighted by atomic mass is 79.9. The summed E-state index contributed by atoms with van der Waals surface area (Å²) in [5.41, 5.74) is 0. The smallest absolute Gasteiger partial charge is 0.226 e. The van der Waals surface area contributed by atoms with E-state index >= 15 is 0 Å². The molecule has 4 nitrogen and oxygen atoms in total. The van der Waals surface area contributed by atoms with Crippen LogP contribution < -0.4 is 5.32 Å². The molecule has 1 heterocycles. The number of aromatic nitrogens is 2. The highest BCUT2D eigenvalue weighted by Gasteiger charge is 2.20. The largest absolute Gasteiger partial charge is 0.311 e. The molecule has 1 N–H and O–H groups in total. The minimum atomic E-state index is 0.0456. The van der Waals surface area contributed by atoms with Gasteiger partial charge in [0.25, 0.3) is 0 Å². The number of carbonyl (C=O) groups excluding carboxylic acids is 1. The molecule has 1 saturated carbocycles. The molecule has 1 aliphatic rings. The molecule has 6 heteroatoms. The van der Waals surface area contributed by atoms with Crippen LogP contribution in [0, 0.1) is 0 Å². The van der Waals surface area contributed by atoms with Crippen molar-refractivity contribution in [1.29, 1.82) is 0 Å². The van der Waals surface area contributed by atoms with E-state index < -0.39 is 0 Å². The zero-order chi connectivity index (χ0) is 16.1. The van der Waals surface area contributed by atoms with Crippen molar-refractivity contribution in [2.24, 2.45) is 0 Å². The molecule has 0 bridgehead atoms. The number of hydrogen-bond acceptors (Lipinski definition) is 3. The molecule has 1 amide bonds. The van der Waals surface area contributed by atoms with Crippen molar-refractivity contribution in [2.45, 2.75) is 43.0 Å². The summed E-state index contributed by atoms with van der Waals surface area (Å²) in [7, 11) is 0. The molecular weight excluding hydrogens is 374 g/mol. The molecule has 0 unspecified atom stereocenters. The number of benzene rings is 1. The van der Waals surface area contributed by atoms with Crippen LogP contribution in [0.15, 0.2) is 45.9 Å². The maximum absolute atomic E-state index is 12.2. The first-order chi connectivity index (χ1) is 11.2. The summed E-state index contributed by atoms with van der Waals surface area (Å²) in [5.74, 6) is 1.63. The first kappa shape index (κ1) is 16.6. The minimum absolute atomic E-state index is 0.0456. The van der Waals surface area contributed by atoms with Gasteiger partial charge in [0.2, 0.25) is 5.91 Å². The molecule has 1 fully saturated rings. The zero-order valence-corrected chi connectivity index (χ0v) is 15.3. The minimum Gasteiger partial charge on any atom is -0.311 e. The summed E-state index contributed by atoms with van der Waals surface area (Å²) in [4.78, 5) is 13.3. The van der Waals surface area contributed by atoms with Crippen LogP contribution in [0.4, 0.5) is 5.82 Å². The molecule has 1 aliphatic carbocycles. The monoisotopic (exact) mass is 393 g/mol. The lowest BCUT2D eigenvalue weighted by atomic mass is 10.2. The Kier molecular flexibility index (Phi) is 5.78. The second-order valence-electron chi connectivity index (χ2n) is 5.68. The predicted molar refractivity (Wildman–Crippen MR) is 97.8 cm³/mol. The SMILES string of the molecule is O=C(CCSc1ccccc1Br)Nc1ccnn1C1CCCC1. The average molecular weight is 394 g/mol. The van der Waals surface area contributed by atoms with Crippen LogP contribution in [-0.2, 0) is 4.79 Å². The lowest BCUT2D eigenvalue weighted by Gasteiger charge is -2.14. The first-order valence-electron chi connectivity index (χ1n) is 7.95. The highest BCUT2D eigenvalue weighted by Crippen LogP contribution is 2.31. The predicted octanol–water partition coefficient (Wildman–Crippen LogP) is 4.88. The summed E-state index contributed by atoms with van der Waals surface area (Å²) in [5, 5.41) is 7.39. The van der Waals surface area contributed by atoms with Crippen LogP contribution >= 0.6 is 27.7 Å². The van der Waals surface area contributed by atoms with Crippen LogP contribution in [0.25, 0.3) is 0 Å². The number of thioether (sulfide) groups is 1. The Balaban J connectivity index is 1.50. The molecule has 0 aliphatic heterocycles. The number of halogens is 1. The number of nitrogens with zero attached hydrogens (tertiary/aromatic N) is 2. The highest BCUT2D eigenvalue weighted by molar-refractivity contribution is 9.10. The number of anilines is 1. The lowest BCUT2D eigenvalue weighted by Crippen LogP contribution is -2.17. The van der Waals surface area contributed by atoms with Crippen molar-refractivity contribution >= 4 is 39.4 Å². The van der Waals surface area contributed by atoms with Gasteiger partial charge in [-0.05, 0) is 40.9 Å². The van der Waals surface area contributed by atoms with E-state index in [1.54, 1.807) is 18.0 Å². The topological polar surface area (TPSA) is 46.9 Å². The van der Waals surface area contributed by atoms with Gasteiger partial charge in [-0.3, -0.25) is 4.79 Å². The fourth-order valence-electron chi connectivity index (χ4n) is 2.87. The van der Waals surface area contributed by atoms with Crippen LogP contribution in [0.3, 0.4) is 0 Å². The Morgan fingerprint density at radius 2 is 2.09 bits per heavy atom. The second-order valence-corrected chi connectivity index (χ2v) is 7.67. The number of carbonyl (C=O) groups is 1. The van der Waals surface area contributed by atoms with Gasteiger partial charge in [-0.1, -0.05) is 25.0 Å². The van der Waals surface area contributed by atoms with E-state index in [1.165, 1.54) is 12.8 Å². The zero-order valence-electron chi connectivity index (χ0n) is 12.9. The van der Waals surface area contributed by atoms with Gasteiger partial charge >= 0.3 is 0 Å². The van der Waals surface area contributed by atoms with E-state index in [0.717, 1.165) is 33.8 Å². The van der Waals surface area contributed by atoms with E-state index in [2.05, 4.69) is 32.4 Å². The number of amides is 1. The van der Waals surface area contributed by atoms with E-state index in [1.807, 2.05) is 28.9 Å². The molecule has 23 heavy (non-hydrogen) atoms. The molecule has 1 aromatic carbocycles. The Labute approximate surface area is 149 Å². The van der Waals surface area contributed by atoms with Gasteiger partial charge in [0, 0.05) is 27.6 Å². The third-order valence-corrected chi connectivity index (χ3v) is 6.06. The van der Waals surface area contributed by atoms with Gasteiger partial charge in [-0.15, -0.1) is 11.8 Å².